The Bertz CT molecular complexity index is 331. The highest BCUT2D eigenvalue weighted by Crippen LogP contribution is 2.22. The minimum Gasteiger partial charge on any atom is -0.316 e. The highest BCUT2D eigenvalue weighted by molar-refractivity contribution is 5.32. The number of aryl methyl sites for hydroxylation is 2. The highest BCUT2D eigenvalue weighted by atomic mass is 19.1. The van der Waals surface area contributed by atoms with Gasteiger partial charge in [-0.15, -0.1) is 0 Å². The van der Waals surface area contributed by atoms with Gasteiger partial charge in [0.25, 0.3) is 0 Å². The summed E-state index contributed by atoms with van der Waals surface area (Å²) in [4.78, 5) is 0. The van der Waals surface area contributed by atoms with E-state index in [1.54, 1.807) is 6.07 Å². The van der Waals surface area contributed by atoms with Gasteiger partial charge in [-0.3, -0.25) is 0 Å². The number of halogens is 1. The first-order valence-electron chi connectivity index (χ1n) is 5.63. The molecule has 0 spiro atoms. The molecule has 0 radical (unpaired) electrons. The molecular weight excluding hydrogens is 189 g/mol. The van der Waals surface area contributed by atoms with Crippen molar-refractivity contribution in [1.29, 1.82) is 0 Å². The Labute approximate surface area is 90.7 Å². The summed E-state index contributed by atoms with van der Waals surface area (Å²) in [6.07, 6.45) is 2.05. The molecule has 1 saturated heterocycles. The van der Waals surface area contributed by atoms with Gasteiger partial charge in [0.05, 0.1) is 0 Å². The third-order valence-electron chi connectivity index (χ3n) is 3.22. The van der Waals surface area contributed by atoms with Gasteiger partial charge in [0.15, 0.2) is 0 Å². The average molecular weight is 207 g/mol. The number of hydrogen-bond donors (Lipinski definition) is 1. The fourth-order valence-corrected chi connectivity index (χ4v) is 2.38. The van der Waals surface area contributed by atoms with Gasteiger partial charge in [-0.1, -0.05) is 6.07 Å². The maximum Gasteiger partial charge on any atom is 0.126 e. The SMILES string of the molecule is Cc1cc(C)c(CC2CCNC2)c(F)c1. The monoisotopic (exact) mass is 207 g/mol. The van der Waals surface area contributed by atoms with E-state index >= 15 is 0 Å². The Balaban J connectivity index is 2.19. The maximum absolute atomic E-state index is 13.7. The molecular formula is C13H18FN. The summed E-state index contributed by atoms with van der Waals surface area (Å²) >= 11 is 0. The first-order valence-corrected chi connectivity index (χ1v) is 5.63. The van der Waals surface area contributed by atoms with Crippen LogP contribution < -0.4 is 5.32 Å². The van der Waals surface area contributed by atoms with Crippen molar-refractivity contribution in [3.05, 3.63) is 34.6 Å². The molecule has 0 saturated carbocycles. The van der Waals surface area contributed by atoms with Crippen molar-refractivity contribution in [2.45, 2.75) is 26.7 Å². The molecule has 0 aromatic heterocycles. The van der Waals surface area contributed by atoms with Gasteiger partial charge in [-0.25, -0.2) is 4.39 Å². The molecule has 0 bridgehead atoms. The predicted octanol–water partition coefficient (Wildman–Crippen LogP) is 2.59. The van der Waals surface area contributed by atoms with Gasteiger partial charge in [0.1, 0.15) is 5.82 Å². The molecule has 1 aliphatic rings. The maximum atomic E-state index is 13.7. The smallest absolute Gasteiger partial charge is 0.126 e. The lowest BCUT2D eigenvalue weighted by atomic mass is 9.94. The third kappa shape index (κ3) is 2.37. The van der Waals surface area contributed by atoms with Crippen LogP contribution in [-0.4, -0.2) is 13.1 Å². The van der Waals surface area contributed by atoms with Crippen LogP contribution in [0.2, 0.25) is 0 Å². The van der Waals surface area contributed by atoms with Crippen LogP contribution in [0.25, 0.3) is 0 Å². The van der Waals surface area contributed by atoms with E-state index in [2.05, 4.69) is 11.4 Å². The predicted molar refractivity (Wildman–Crippen MR) is 60.6 cm³/mol. The zero-order valence-electron chi connectivity index (χ0n) is 9.44. The lowest BCUT2D eigenvalue weighted by Gasteiger charge is -2.12. The van der Waals surface area contributed by atoms with Crippen LogP contribution >= 0.6 is 0 Å². The summed E-state index contributed by atoms with van der Waals surface area (Å²) in [5, 5.41) is 3.32. The van der Waals surface area contributed by atoms with Crippen molar-refractivity contribution in [1.82, 2.24) is 5.32 Å². The van der Waals surface area contributed by atoms with Crippen molar-refractivity contribution in [3.63, 3.8) is 0 Å². The molecule has 1 unspecified atom stereocenters. The van der Waals surface area contributed by atoms with E-state index < -0.39 is 0 Å². The minimum absolute atomic E-state index is 0.0283. The van der Waals surface area contributed by atoms with E-state index in [-0.39, 0.29) is 5.82 Å². The van der Waals surface area contributed by atoms with E-state index in [1.807, 2.05) is 13.8 Å². The second-order valence-electron chi connectivity index (χ2n) is 4.61. The molecule has 1 aromatic carbocycles. The molecule has 82 valence electrons. The second-order valence-corrected chi connectivity index (χ2v) is 4.61. The number of nitrogens with one attached hydrogen (secondary N) is 1. The van der Waals surface area contributed by atoms with Crippen LogP contribution in [0.5, 0.6) is 0 Å². The molecule has 15 heavy (non-hydrogen) atoms. The molecule has 0 aliphatic carbocycles. The molecule has 2 rings (SSSR count). The second kappa shape index (κ2) is 4.31. The fraction of sp³-hybridized carbons (Fsp3) is 0.538. The molecule has 1 N–H and O–H groups in total. The van der Waals surface area contributed by atoms with Gasteiger partial charge in [0.2, 0.25) is 0 Å². The van der Waals surface area contributed by atoms with Crippen molar-refractivity contribution in [2.24, 2.45) is 5.92 Å². The van der Waals surface area contributed by atoms with Gasteiger partial charge in [-0.05, 0) is 68.5 Å². The Kier molecular flexibility index (Phi) is 3.06. The molecule has 1 aromatic rings. The summed E-state index contributed by atoms with van der Waals surface area (Å²) in [5.41, 5.74) is 3.02. The first kappa shape index (κ1) is 10.6. The number of benzene rings is 1. The summed E-state index contributed by atoms with van der Waals surface area (Å²) in [6.45, 7) is 6.06. The van der Waals surface area contributed by atoms with E-state index in [0.717, 1.165) is 36.2 Å². The fourth-order valence-electron chi connectivity index (χ4n) is 2.38. The van der Waals surface area contributed by atoms with Crippen molar-refractivity contribution >= 4 is 0 Å². The van der Waals surface area contributed by atoms with Crippen LogP contribution in [0.15, 0.2) is 12.1 Å². The van der Waals surface area contributed by atoms with E-state index in [0.29, 0.717) is 5.92 Å². The Morgan fingerprint density at radius 1 is 1.40 bits per heavy atom. The average Bonchev–Trinajstić information content (AvgIpc) is 2.63. The highest BCUT2D eigenvalue weighted by Gasteiger charge is 2.18. The zero-order valence-corrected chi connectivity index (χ0v) is 9.44. The van der Waals surface area contributed by atoms with Gasteiger partial charge in [0, 0.05) is 0 Å². The van der Waals surface area contributed by atoms with Gasteiger partial charge in [-0.2, -0.15) is 0 Å². The van der Waals surface area contributed by atoms with E-state index in [4.69, 9.17) is 0 Å². The summed E-state index contributed by atoms with van der Waals surface area (Å²) < 4.78 is 13.7. The summed E-state index contributed by atoms with van der Waals surface area (Å²) in [7, 11) is 0. The van der Waals surface area contributed by atoms with Crippen LogP contribution in [-0.2, 0) is 6.42 Å². The quantitative estimate of drug-likeness (QED) is 0.786. The number of rotatable bonds is 2. The van der Waals surface area contributed by atoms with Crippen molar-refractivity contribution in [3.8, 4) is 0 Å². The van der Waals surface area contributed by atoms with Crippen LogP contribution in [0.4, 0.5) is 4.39 Å². The molecule has 1 aliphatic heterocycles. The van der Waals surface area contributed by atoms with Crippen molar-refractivity contribution in [2.75, 3.05) is 13.1 Å². The lowest BCUT2D eigenvalue weighted by Crippen LogP contribution is -2.12. The summed E-state index contributed by atoms with van der Waals surface area (Å²) in [6, 6.07) is 3.71. The normalized spacial score (nSPS) is 20.9. The largest absolute Gasteiger partial charge is 0.316 e. The molecule has 1 fully saturated rings. The third-order valence-corrected chi connectivity index (χ3v) is 3.22. The minimum atomic E-state index is -0.0283. The van der Waals surface area contributed by atoms with Crippen LogP contribution in [0.3, 0.4) is 0 Å². The molecule has 0 amide bonds. The summed E-state index contributed by atoms with van der Waals surface area (Å²) in [5.74, 6) is 0.584. The van der Waals surface area contributed by atoms with E-state index in [9.17, 15) is 4.39 Å². The first-order chi connectivity index (χ1) is 7.16. The van der Waals surface area contributed by atoms with Crippen molar-refractivity contribution < 1.29 is 4.39 Å². The van der Waals surface area contributed by atoms with E-state index in [1.165, 1.54) is 6.42 Å². The standard InChI is InChI=1S/C13H18FN/c1-9-5-10(2)12(13(14)6-9)7-11-3-4-15-8-11/h5-6,11,15H,3-4,7-8H2,1-2H3. The van der Waals surface area contributed by atoms with Gasteiger partial charge >= 0.3 is 0 Å². The molecule has 1 atom stereocenters. The Hall–Kier alpha value is -0.890. The molecule has 1 heterocycles. The number of hydrogen-bond acceptors (Lipinski definition) is 1. The Morgan fingerprint density at radius 2 is 2.20 bits per heavy atom. The zero-order chi connectivity index (χ0) is 10.8. The Morgan fingerprint density at radius 3 is 2.80 bits per heavy atom. The molecule has 1 nitrogen and oxygen atoms in total. The molecule has 2 heteroatoms. The lowest BCUT2D eigenvalue weighted by molar-refractivity contribution is 0.541. The van der Waals surface area contributed by atoms with Gasteiger partial charge < -0.3 is 5.32 Å². The topological polar surface area (TPSA) is 12.0 Å². The van der Waals surface area contributed by atoms with Crippen LogP contribution in [0.1, 0.15) is 23.1 Å². The van der Waals surface area contributed by atoms with Crippen LogP contribution in [0, 0.1) is 25.6 Å².